The van der Waals surface area contributed by atoms with Crippen molar-refractivity contribution in [3.63, 3.8) is 0 Å². The number of hydrogen-bond acceptors (Lipinski definition) is 6. The molecule has 8 heteroatoms. The number of halogens is 1. The third kappa shape index (κ3) is 6.57. The van der Waals surface area contributed by atoms with Crippen LogP contribution in [-0.4, -0.2) is 31.8 Å². The monoisotopic (exact) mass is 466 g/mol. The van der Waals surface area contributed by atoms with Gasteiger partial charge in [-0.05, 0) is 73.0 Å². The maximum Gasteiger partial charge on any atom is 0.343 e. The van der Waals surface area contributed by atoms with E-state index in [0.717, 1.165) is 11.1 Å². The number of ether oxygens (including phenoxy) is 3. The normalized spacial score (nSPS) is 10.7. The van der Waals surface area contributed by atoms with Crippen molar-refractivity contribution in [1.29, 1.82) is 0 Å². The number of nitrogens with one attached hydrogen (secondary N) is 1. The van der Waals surface area contributed by atoms with Crippen molar-refractivity contribution >= 4 is 29.7 Å². The molecule has 0 saturated carbocycles. The van der Waals surface area contributed by atoms with E-state index in [2.05, 4.69) is 10.5 Å². The second-order valence-electron chi connectivity index (χ2n) is 7.12. The second-order valence-corrected chi connectivity index (χ2v) is 7.50. The number of amides is 1. The van der Waals surface area contributed by atoms with Gasteiger partial charge in [-0.15, -0.1) is 0 Å². The fourth-order valence-electron chi connectivity index (χ4n) is 2.93. The summed E-state index contributed by atoms with van der Waals surface area (Å²) >= 11 is 6.14. The van der Waals surface area contributed by atoms with Crippen LogP contribution in [0.25, 0.3) is 0 Å². The molecule has 3 rings (SSSR count). The Kier molecular flexibility index (Phi) is 8.05. The van der Waals surface area contributed by atoms with Gasteiger partial charge in [0.15, 0.2) is 18.1 Å². The SMILES string of the molecule is COc1cc(/C=N/NC(=O)COc2cc(C)c(Cl)c(C)c2)ccc1OC(=O)c1ccccc1. The number of rotatable bonds is 8. The van der Waals surface area contributed by atoms with Crippen LogP contribution in [0.4, 0.5) is 0 Å². The molecular formula is C25H23ClN2O5. The van der Waals surface area contributed by atoms with Gasteiger partial charge in [0.05, 0.1) is 18.9 Å². The van der Waals surface area contributed by atoms with E-state index in [1.807, 2.05) is 19.9 Å². The van der Waals surface area contributed by atoms with E-state index in [9.17, 15) is 9.59 Å². The van der Waals surface area contributed by atoms with Crippen LogP contribution >= 0.6 is 11.6 Å². The highest BCUT2D eigenvalue weighted by atomic mass is 35.5. The number of hydrogen-bond donors (Lipinski definition) is 1. The number of nitrogens with zero attached hydrogens (tertiary/aromatic N) is 1. The van der Waals surface area contributed by atoms with Crippen LogP contribution in [0.2, 0.25) is 5.02 Å². The van der Waals surface area contributed by atoms with Crippen LogP contribution in [0.5, 0.6) is 17.2 Å². The van der Waals surface area contributed by atoms with Crippen LogP contribution < -0.4 is 19.6 Å². The molecule has 0 fully saturated rings. The maximum atomic E-state index is 12.3. The summed E-state index contributed by atoms with van der Waals surface area (Å²) in [5.41, 5.74) is 5.21. The van der Waals surface area contributed by atoms with E-state index in [4.69, 9.17) is 25.8 Å². The van der Waals surface area contributed by atoms with Gasteiger partial charge >= 0.3 is 5.97 Å². The molecule has 0 saturated heterocycles. The van der Waals surface area contributed by atoms with Gasteiger partial charge in [0, 0.05) is 5.02 Å². The Morgan fingerprint density at radius 3 is 2.36 bits per heavy atom. The Labute approximate surface area is 196 Å². The summed E-state index contributed by atoms with van der Waals surface area (Å²) in [5, 5.41) is 4.60. The van der Waals surface area contributed by atoms with Crippen LogP contribution in [0, 0.1) is 13.8 Å². The summed E-state index contributed by atoms with van der Waals surface area (Å²) in [6.45, 7) is 3.54. The molecule has 0 bridgehead atoms. The van der Waals surface area contributed by atoms with Gasteiger partial charge in [0.1, 0.15) is 5.75 Å². The molecule has 0 aliphatic heterocycles. The molecule has 3 aromatic rings. The van der Waals surface area contributed by atoms with Crippen molar-refractivity contribution in [2.75, 3.05) is 13.7 Å². The van der Waals surface area contributed by atoms with Crippen LogP contribution in [-0.2, 0) is 4.79 Å². The first-order valence-electron chi connectivity index (χ1n) is 10.0. The minimum atomic E-state index is -0.492. The maximum absolute atomic E-state index is 12.3. The number of aryl methyl sites for hydroxylation is 2. The number of carbonyl (C=O) groups excluding carboxylic acids is 2. The highest BCUT2D eigenvalue weighted by Crippen LogP contribution is 2.28. The van der Waals surface area contributed by atoms with Gasteiger partial charge in [-0.2, -0.15) is 5.10 Å². The molecule has 1 N–H and O–H groups in total. The average Bonchev–Trinajstić information content (AvgIpc) is 2.82. The lowest BCUT2D eigenvalue weighted by Crippen LogP contribution is -2.24. The van der Waals surface area contributed by atoms with E-state index in [0.29, 0.717) is 27.6 Å². The predicted octanol–water partition coefficient (Wildman–Crippen LogP) is 4.71. The van der Waals surface area contributed by atoms with Crippen LogP contribution in [0.3, 0.4) is 0 Å². The summed E-state index contributed by atoms with van der Waals surface area (Å²) in [5.74, 6) is 0.269. The first-order valence-corrected chi connectivity index (χ1v) is 10.4. The van der Waals surface area contributed by atoms with Crippen LogP contribution in [0.15, 0.2) is 65.8 Å². The standard InChI is InChI=1S/C25H23ClN2O5/c1-16-11-20(12-17(2)24(16)26)32-15-23(29)28-27-14-18-9-10-21(22(13-18)31-3)33-25(30)19-7-5-4-6-8-19/h4-14H,15H2,1-3H3,(H,28,29)/b27-14+. The Bertz CT molecular complexity index is 1160. The highest BCUT2D eigenvalue weighted by Gasteiger charge is 2.12. The summed E-state index contributed by atoms with van der Waals surface area (Å²) in [4.78, 5) is 24.3. The van der Waals surface area contributed by atoms with Gasteiger partial charge in [0.25, 0.3) is 5.91 Å². The average molecular weight is 467 g/mol. The highest BCUT2D eigenvalue weighted by molar-refractivity contribution is 6.32. The third-order valence-corrected chi connectivity index (χ3v) is 5.18. The first-order chi connectivity index (χ1) is 15.9. The number of esters is 1. The summed E-state index contributed by atoms with van der Waals surface area (Å²) in [6.07, 6.45) is 1.44. The Morgan fingerprint density at radius 1 is 1.00 bits per heavy atom. The molecule has 0 spiro atoms. The smallest absolute Gasteiger partial charge is 0.343 e. The summed E-state index contributed by atoms with van der Waals surface area (Å²) in [7, 11) is 1.47. The van der Waals surface area contributed by atoms with Crippen molar-refractivity contribution in [2.24, 2.45) is 5.10 Å². The number of hydrazone groups is 1. The zero-order chi connectivity index (χ0) is 23.8. The Hall–Kier alpha value is -3.84. The lowest BCUT2D eigenvalue weighted by Gasteiger charge is -2.10. The molecular weight excluding hydrogens is 444 g/mol. The predicted molar refractivity (Wildman–Crippen MR) is 127 cm³/mol. The third-order valence-electron chi connectivity index (χ3n) is 4.58. The molecule has 1 amide bonds. The van der Waals surface area contributed by atoms with E-state index >= 15 is 0 Å². The molecule has 0 aliphatic rings. The van der Waals surface area contributed by atoms with E-state index in [1.165, 1.54) is 13.3 Å². The second kappa shape index (κ2) is 11.2. The topological polar surface area (TPSA) is 86.2 Å². The number of benzene rings is 3. The zero-order valence-electron chi connectivity index (χ0n) is 18.4. The number of carbonyl (C=O) groups is 2. The molecule has 33 heavy (non-hydrogen) atoms. The van der Waals surface area contributed by atoms with Crippen molar-refractivity contribution in [3.8, 4) is 17.2 Å². The van der Waals surface area contributed by atoms with E-state index < -0.39 is 11.9 Å². The fourth-order valence-corrected chi connectivity index (χ4v) is 3.04. The zero-order valence-corrected chi connectivity index (χ0v) is 19.2. The number of methoxy groups -OCH3 is 1. The molecule has 0 heterocycles. The van der Waals surface area contributed by atoms with E-state index in [-0.39, 0.29) is 12.4 Å². The largest absolute Gasteiger partial charge is 0.493 e. The van der Waals surface area contributed by atoms with Gasteiger partial charge in [-0.25, -0.2) is 10.2 Å². The Balaban J connectivity index is 1.56. The first kappa shape index (κ1) is 23.8. The van der Waals surface area contributed by atoms with Crippen LogP contribution in [0.1, 0.15) is 27.0 Å². The molecule has 7 nitrogen and oxygen atoms in total. The summed E-state index contributed by atoms with van der Waals surface area (Å²) in [6, 6.07) is 17.1. The van der Waals surface area contributed by atoms with Gasteiger partial charge < -0.3 is 14.2 Å². The molecule has 0 aliphatic carbocycles. The molecule has 0 unspecified atom stereocenters. The molecule has 0 radical (unpaired) electrons. The lowest BCUT2D eigenvalue weighted by molar-refractivity contribution is -0.123. The molecule has 170 valence electrons. The summed E-state index contributed by atoms with van der Waals surface area (Å²) < 4.78 is 16.2. The molecule has 0 aromatic heterocycles. The van der Waals surface area contributed by atoms with Gasteiger partial charge in [-0.3, -0.25) is 4.79 Å². The quantitative estimate of drug-likeness (QED) is 0.225. The Morgan fingerprint density at radius 2 is 1.70 bits per heavy atom. The van der Waals surface area contributed by atoms with Crippen molar-refractivity contribution in [3.05, 3.63) is 87.9 Å². The van der Waals surface area contributed by atoms with Gasteiger partial charge in [-0.1, -0.05) is 29.8 Å². The van der Waals surface area contributed by atoms with E-state index in [1.54, 1.807) is 54.6 Å². The molecule has 0 atom stereocenters. The van der Waals surface area contributed by atoms with Crippen molar-refractivity contribution < 1.29 is 23.8 Å². The molecule has 3 aromatic carbocycles. The lowest BCUT2D eigenvalue weighted by atomic mass is 10.1. The minimum Gasteiger partial charge on any atom is -0.493 e. The fraction of sp³-hybridized carbons (Fsp3) is 0.160. The van der Waals surface area contributed by atoms with Gasteiger partial charge in [0.2, 0.25) is 0 Å². The van der Waals surface area contributed by atoms with Crippen molar-refractivity contribution in [2.45, 2.75) is 13.8 Å². The van der Waals surface area contributed by atoms with Crippen molar-refractivity contribution in [1.82, 2.24) is 5.43 Å². The minimum absolute atomic E-state index is 0.199.